The first-order valence-electron chi connectivity index (χ1n) is 7.12. The fourth-order valence-electron chi connectivity index (χ4n) is 3.38. The maximum atomic E-state index is 3.33. The molecule has 1 aliphatic carbocycles. The molecule has 4 rings (SSSR count). The van der Waals surface area contributed by atoms with E-state index in [0.717, 1.165) is 6.54 Å². The van der Waals surface area contributed by atoms with Crippen molar-refractivity contribution in [1.82, 2.24) is 5.43 Å². The molecule has 0 amide bonds. The highest BCUT2D eigenvalue weighted by Crippen LogP contribution is 2.49. The van der Waals surface area contributed by atoms with Gasteiger partial charge in [-0.1, -0.05) is 50.3 Å². The summed E-state index contributed by atoms with van der Waals surface area (Å²) in [6.45, 7) is 5.53. The number of nitrogens with zero attached hydrogens (tertiary/aromatic N) is 1. The lowest BCUT2D eigenvalue weighted by Gasteiger charge is -2.23. The third kappa shape index (κ3) is 1.49. The van der Waals surface area contributed by atoms with Gasteiger partial charge < -0.3 is 0 Å². The molecule has 0 unspecified atom stereocenters. The molecule has 0 spiro atoms. The third-order valence-corrected chi connectivity index (χ3v) is 4.48. The Hall–Kier alpha value is -2.06. The summed E-state index contributed by atoms with van der Waals surface area (Å²) >= 11 is 0. The maximum Gasteiger partial charge on any atom is 0.0574 e. The van der Waals surface area contributed by atoms with Gasteiger partial charge >= 0.3 is 0 Å². The van der Waals surface area contributed by atoms with Crippen LogP contribution in [0.25, 0.3) is 11.1 Å². The molecule has 1 aliphatic heterocycles. The first kappa shape index (κ1) is 11.7. The molecule has 0 aromatic heterocycles. The van der Waals surface area contributed by atoms with E-state index in [2.05, 4.69) is 79.0 Å². The number of hydrazine groups is 1. The Kier molecular flexibility index (Phi) is 2.33. The SMILES string of the molecule is CC1(C)c2ccccc2-c2ccc(N3C=CCN3)cc21. The zero-order valence-electron chi connectivity index (χ0n) is 11.9. The topological polar surface area (TPSA) is 15.3 Å². The molecule has 0 radical (unpaired) electrons. The van der Waals surface area contributed by atoms with E-state index < -0.39 is 0 Å². The van der Waals surface area contributed by atoms with Crippen molar-refractivity contribution in [3.05, 3.63) is 65.9 Å². The summed E-state index contributed by atoms with van der Waals surface area (Å²) in [6.07, 6.45) is 4.23. The van der Waals surface area contributed by atoms with Crippen molar-refractivity contribution in [2.45, 2.75) is 19.3 Å². The standard InChI is InChI=1S/C18H18N2/c1-18(2)16-7-4-3-6-14(16)15-9-8-13(12-17(15)18)20-11-5-10-19-20/h3-9,11-12,19H,10H2,1-2H3. The molecule has 0 saturated carbocycles. The molecule has 100 valence electrons. The van der Waals surface area contributed by atoms with Gasteiger partial charge in [-0.2, -0.15) is 0 Å². The predicted molar refractivity (Wildman–Crippen MR) is 83.6 cm³/mol. The Labute approximate surface area is 119 Å². The number of nitrogens with one attached hydrogen (secondary N) is 1. The van der Waals surface area contributed by atoms with Crippen LogP contribution in [0.3, 0.4) is 0 Å². The highest BCUT2D eigenvalue weighted by molar-refractivity contribution is 5.82. The molecule has 2 aliphatic rings. The summed E-state index contributed by atoms with van der Waals surface area (Å²) in [6, 6.07) is 15.5. The molecular weight excluding hydrogens is 244 g/mol. The highest BCUT2D eigenvalue weighted by atomic mass is 15.5. The molecule has 1 N–H and O–H groups in total. The largest absolute Gasteiger partial charge is 0.284 e. The van der Waals surface area contributed by atoms with Gasteiger partial charge in [-0.3, -0.25) is 5.01 Å². The van der Waals surface area contributed by atoms with Crippen molar-refractivity contribution in [3.63, 3.8) is 0 Å². The monoisotopic (exact) mass is 262 g/mol. The van der Waals surface area contributed by atoms with Crippen molar-refractivity contribution in [3.8, 4) is 11.1 Å². The van der Waals surface area contributed by atoms with E-state index in [1.807, 2.05) is 0 Å². The Morgan fingerprint density at radius 3 is 2.60 bits per heavy atom. The first-order chi connectivity index (χ1) is 9.68. The minimum absolute atomic E-state index is 0.0748. The highest BCUT2D eigenvalue weighted by Gasteiger charge is 2.35. The van der Waals surface area contributed by atoms with Gasteiger partial charge in [0.25, 0.3) is 0 Å². The van der Waals surface area contributed by atoms with E-state index in [4.69, 9.17) is 0 Å². The van der Waals surface area contributed by atoms with E-state index >= 15 is 0 Å². The van der Waals surface area contributed by atoms with Crippen molar-refractivity contribution >= 4 is 5.69 Å². The zero-order valence-corrected chi connectivity index (χ0v) is 11.9. The van der Waals surface area contributed by atoms with Crippen LogP contribution in [0.2, 0.25) is 0 Å². The molecule has 20 heavy (non-hydrogen) atoms. The minimum atomic E-state index is 0.0748. The van der Waals surface area contributed by atoms with E-state index in [1.54, 1.807) is 0 Å². The predicted octanol–water partition coefficient (Wildman–Crippen LogP) is 3.83. The minimum Gasteiger partial charge on any atom is -0.284 e. The smallest absolute Gasteiger partial charge is 0.0574 e. The summed E-state index contributed by atoms with van der Waals surface area (Å²) in [5.74, 6) is 0. The summed E-state index contributed by atoms with van der Waals surface area (Å²) < 4.78 is 0. The summed E-state index contributed by atoms with van der Waals surface area (Å²) in [5, 5.41) is 2.10. The Morgan fingerprint density at radius 1 is 1.00 bits per heavy atom. The number of hydrogen-bond donors (Lipinski definition) is 1. The van der Waals surface area contributed by atoms with Crippen molar-refractivity contribution < 1.29 is 0 Å². The van der Waals surface area contributed by atoms with Crippen molar-refractivity contribution in [1.29, 1.82) is 0 Å². The molecule has 2 aromatic rings. The van der Waals surface area contributed by atoms with Crippen LogP contribution < -0.4 is 10.4 Å². The van der Waals surface area contributed by atoms with E-state index in [1.165, 1.54) is 27.9 Å². The molecule has 0 bridgehead atoms. The lowest BCUT2D eigenvalue weighted by atomic mass is 9.82. The number of benzene rings is 2. The number of hydrogen-bond acceptors (Lipinski definition) is 2. The number of rotatable bonds is 1. The average Bonchev–Trinajstić information content (AvgIpc) is 3.07. The lowest BCUT2D eigenvalue weighted by Crippen LogP contribution is -2.28. The van der Waals surface area contributed by atoms with Gasteiger partial charge in [-0.05, 0) is 34.4 Å². The van der Waals surface area contributed by atoms with E-state index in [0.29, 0.717) is 0 Å². The first-order valence-corrected chi connectivity index (χ1v) is 7.12. The molecule has 2 nitrogen and oxygen atoms in total. The number of fused-ring (bicyclic) bond motifs is 3. The van der Waals surface area contributed by atoms with Gasteiger partial charge in [0, 0.05) is 18.2 Å². The molecule has 2 aromatic carbocycles. The van der Waals surface area contributed by atoms with Gasteiger partial charge in [-0.25, -0.2) is 5.43 Å². The van der Waals surface area contributed by atoms with Gasteiger partial charge in [0.05, 0.1) is 5.69 Å². The van der Waals surface area contributed by atoms with Crippen LogP contribution in [-0.2, 0) is 5.41 Å². The number of anilines is 1. The normalized spacial score (nSPS) is 18.2. The Bertz CT molecular complexity index is 713. The van der Waals surface area contributed by atoms with Gasteiger partial charge in [-0.15, -0.1) is 0 Å². The average molecular weight is 262 g/mol. The van der Waals surface area contributed by atoms with Gasteiger partial charge in [0.2, 0.25) is 0 Å². The summed E-state index contributed by atoms with van der Waals surface area (Å²) in [4.78, 5) is 0. The van der Waals surface area contributed by atoms with Crippen molar-refractivity contribution in [2.24, 2.45) is 0 Å². The molecule has 0 atom stereocenters. The van der Waals surface area contributed by atoms with E-state index in [9.17, 15) is 0 Å². The summed E-state index contributed by atoms with van der Waals surface area (Å²) in [5.41, 5.74) is 10.2. The van der Waals surface area contributed by atoms with Crippen LogP contribution in [0.5, 0.6) is 0 Å². The van der Waals surface area contributed by atoms with Crippen LogP contribution in [-0.4, -0.2) is 6.54 Å². The molecule has 2 heteroatoms. The van der Waals surface area contributed by atoms with Gasteiger partial charge in [0.1, 0.15) is 0 Å². The van der Waals surface area contributed by atoms with Crippen LogP contribution in [0.1, 0.15) is 25.0 Å². The second-order valence-corrected chi connectivity index (χ2v) is 6.02. The molecule has 0 fully saturated rings. The maximum absolute atomic E-state index is 3.33. The fourth-order valence-corrected chi connectivity index (χ4v) is 3.38. The Morgan fingerprint density at radius 2 is 1.80 bits per heavy atom. The van der Waals surface area contributed by atoms with E-state index in [-0.39, 0.29) is 5.41 Å². The summed E-state index contributed by atoms with van der Waals surface area (Å²) in [7, 11) is 0. The second-order valence-electron chi connectivity index (χ2n) is 6.02. The second kappa shape index (κ2) is 3.97. The van der Waals surface area contributed by atoms with Crippen LogP contribution in [0.4, 0.5) is 5.69 Å². The van der Waals surface area contributed by atoms with Crippen LogP contribution >= 0.6 is 0 Å². The van der Waals surface area contributed by atoms with Crippen LogP contribution in [0, 0.1) is 0 Å². The molecule has 0 saturated heterocycles. The lowest BCUT2D eigenvalue weighted by molar-refractivity contribution is 0.659. The Balaban J connectivity index is 1.90. The molecule has 1 heterocycles. The third-order valence-electron chi connectivity index (χ3n) is 4.48. The zero-order chi connectivity index (χ0) is 13.7. The fraction of sp³-hybridized carbons (Fsp3) is 0.222. The molecular formula is C18H18N2. The van der Waals surface area contributed by atoms with Gasteiger partial charge in [0.15, 0.2) is 0 Å². The quantitative estimate of drug-likeness (QED) is 0.840. The van der Waals surface area contributed by atoms with Crippen molar-refractivity contribution in [2.75, 3.05) is 11.6 Å². The van der Waals surface area contributed by atoms with Crippen LogP contribution in [0.15, 0.2) is 54.7 Å².